The highest BCUT2D eigenvalue weighted by molar-refractivity contribution is 5.38. The third kappa shape index (κ3) is 2.75. The van der Waals surface area contributed by atoms with Gasteiger partial charge in [-0.15, -0.1) is 0 Å². The van der Waals surface area contributed by atoms with Crippen molar-refractivity contribution >= 4 is 0 Å². The summed E-state index contributed by atoms with van der Waals surface area (Å²) in [5, 5.41) is 0. The first-order chi connectivity index (χ1) is 9.74. The molecule has 20 heavy (non-hydrogen) atoms. The van der Waals surface area contributed by atoms with E-state index in [2.05, 4.69) is 0 Å². The molecule has 0 aromatic heterocycles. The summed E-state index contributed by atoms with van der Waals surface area (Å²) >= 11 is 0. The molecule has 2 N–H and O–H groups in total. The second-order valence-electron chi connectivity index (χ2n) is 4.86. The standard InChI is InChI=1S/C16H16FNO2/c17-13-4-5-16-12(7-13)8-15(20-16)10-19-14-3-1-2-11(6-14)9-18/h1-7,15H,8-10,18H2. The minimum absolute atomic E-state index is 0.0756. The fourth-order valence-electron chi connectivity index (χ4n) is 2.33. The maximum Gasteiger partial charge on any atom is 0.137 e. The van der Waals surface area contributed by atoms with Crippen molar-refractivity contribution in [3.63, 3.8) is 0 Å². The molecule has 0 amide bonds. The topological polar surface area (TPSA) is 44.5 Å². The molecule has 2 aromatic rings. The first-order valence-electron chi connectivity index (χ1n) is 6.61. The molecule has 1 aliphatic heterocycles. The van der Waals surface area contributed by atoms with E-state index in [1.165, 1.54) is 12.1 Å². The number of halogens is 1. The third-order valence-corrected chi connectivity index (χ3v) is 3.33. The lowest BCUT2D eigenvalue weighted by Gasteiger charge is -2.12. The second-order valence-corrected chi connectivity index (χ2v) is 4.86. The Morgan fingerprint density at radius 2 is 2.15 bits per heavy atom. The Kier molecular flexibility index (Phi) is 3.56. The molecule has 0 radical (unpaired) electrons. The molecule has 1 heterocycles. The maximum absolute atomic E-state index is 13.1. The molecule has 1 unspecified atom stereocenters. The third-order valence-electron chi connectivity index (χ3n) is 3.33. The van der Waals surface area contributed by atoms with Gasteiger partial charge in [0.15, 0.2) is 0 Å². The Morgan fingerprint density at radius 1 is 1.25 bits per heavy atom. The molecule has 3 nitrogen and oxygen atoms in total. The molecule has 2 aromatic carbocycles. The van der Waals surface area contributed by atoms with Gasteiger partial charge in [0.25, 0.3) is 0 Å². The summed E-state index contributed by atoms with van der Waals surface area (Å²) in [6.07, 6.45) is 0.595. The zero-order valence-electron chi connectivity index (χ0n) is 11.0. The smallest absolute Gasteiger partial charge is 0.137 e. The van der Waals surface area contributed by atoms with Crippen molar-refractivity contribution in [2.75, 3.05) is 6.61 Å². The zero-order valence-corrected chi connectivity index (χ0v) is 11.0. The second kappa shape index (κ2) is 5.51. The Bertz CT molecular complexity index is 615. The average molecular weight is 273 g/mol. The molecule has 4 heteroatoms. The number of benzene rings is 2. The van der Waals surface area contributed by atoms with Crippen LogP contribution in [0.5, 0.6) is 11.5 Å². The molecule has 0 saturated heterocycles. The number of nitrogens with two attached hydrogens (primary N) is 1. The van der Waals surface area contributed by atoms with Crippen molar-refractivity contribution in [3.05, 3.63) is 59.4 Å². The zero-order chi connectivity index (χ0) is 13.9. The number of rotatable bonds is 4. The average Bonchev–Trinajstić information content (AvgIpc) is 2.87. The van der Waals surface area contributed by atoms with Crippen molar-refractivity contribution < 1.29 is 13.9 Å². The van der Waals surface area contributed by atoms with Gasteiger partial charge in [-0.1, -0.05) is 12.1 Å². The summed E-state index contributed by atoms with van der Waals surface area (Å²) in [5.41, 5.74) is 7.52. The van der Waals surface area contributed by atoms with Gasteiger partial charge < -0.3 is 15.2 Å². The van der Waals surface area contributed by atoms with E-state index in [1.807, 2.05) is 24.3 Å². The molecule has 0 saturated carbocycles. The van der Waals surface area contributed by atoms with Crippen molar-refractivity contribution in [1.82, 2.24) is 0 Å². The van der Waals surface area contributed by atoms with Crippen LogP contribution in [0, 0.1) is 5.82 Å². The molecular formula is C16H16FNO2. The quantitative estimate of drug-likeness (QED) is 0.931. The van der Waals surface area contributed by atoms with Crippen molar-refractivity contribution in [2.24, 2.45) is 5.73 Å². The van der Waals surface area contributed by atoms with Crippen molar-refractivity contribution in [3.8, 4) is 11.5 Å². The van der Waals surface area contributed by atoms with Gasteiger partial charge in [-0.3, -0.25) is 0 Å². The van der Waals surface area contributed by atoms with E-state index in [-0.39, 0.29) is 11.9 Å². The summed E-state index contributed by atoms with van der Waals surface area (Å²) in [6.45, 7) is 0.923. The summed E-state index contributed by atoms with van der Waals surface area (Å²) in [7, 11) is 0. The summed E-state index contributed by atoms with van der Waals surface area (Å²) < 4.78 is 24.6. The summed E-state index contributed by atoms with van der Waals surface area (Å²) in [4.78, 5) is 0. The minimum Gasteiger partial charge on any atom is -0.490 e. The van der Waals surface area contributed by atoms with Crippen molar-refractivity contribution in [1.29, 1.82) is 0 Å². The molecule has 0 bridgehead atoms. The van der Waals surface area contributed by atoms with Crippen LogP contribution >= 0.6 is 0 Å². The predicted molar refractivity (Wildman–Crippen MR) is 74.3 cm³/mol. The van der Waals surface area contributed by atoms with Gasteiger partial charge in [0, 0.05) is 18.5 Å². The molecule has 3 rings (SSSR count). The molecule has 0 fully saturated rings. The Hall–Kier alpha value is -2.07. The predicted octanol–water partition coefficient (Wildman–Crippen LogP) is 2.67. The minimum atomic E-state index is -0.232. The van der Waals surface area contributed by atoms with E-state index < -0.39 is 0 Å². The number of fused-ring (bicyclic) bond motifs is 1. The first kappa shape index (κ1) is 12.9. The first-order valence-corrected chi connectivity index (χ1v) is 6.61. The lowest BCUT2D eigenvalue weighted by molar-refractivity contribution is 0.148. The van der Waals surface area contributed by atoms with Crippen LogP contribution in [0.2, 0.25) is 0 Å². The highest BCUT2D eigenvalue weighted by Crippen LogP contribution is 2.29. The van der Waals surface area contributed by atoms with Gasteiger partial charge in [0.1, 0.15) is 30.0 Å². The molecule has 0 spiro atoms. The van der Waals surface area contributed by atoms with E-state index in [4.69, 9.17) is 15.2 Å². The van der Waals surface area contributed by atoms with Crippen LogP contribution in [0.1, 0.15) is 11.1 Å². The Balaban J connectivity index is 1.60. The molecule has 104 valence electrons. The van der Waals surface area contributed by atoms with Crippen LogP contribution in [0.25, 0.3) is 0 Å². The van der Waals surface area contributed by atoms with Crippen LogP contribution < -0.4 is 15.2 Å². The van der Waals surface area contributed by atoms with E-state index in [1.54, 1.807) is 6.07 Å². The van der Waals surface area contributed by atoms with Crippen LogP contribution in [-0.4, -0.2) is 12.7 Å². The van der Waals surface area contributed by atoms with Crippen LogP contribution in [-0.2, 0) is 13.0 Å². The van der Waals surface area contributed by atoms with Gasteiger partial charge in [-0.2, -0.15) is 0 Å². The van der Waals surface area contributed by atoms with Gasteiger partial charge in [0.05, 0.1) is 0 Å². The Morgan fingerprint density at radius 3 is 3.00 bits per heavy atom. The fraction of sp³-hybridized carbons (Fsp3) is 0.250. The summed E-state index contributed by atoms with van der Waals surface area (Å²) in [6, 6.07) is 12.3. The summed E-state index contributed by atoms with van der Waals surface area (Å²) in [5.74, 6) is 1.29. The number of hydrogen-bond acceptors (Lipinski definition) is 3. The monoisotopic (exact) mass is 273 g/mol. The van der Waals surface area contributed by atoms with Gasteiger partial charge >= 0.3 is 0 Å². The molecule has 1 aliphatic rings. The number of hydrogen-bond donors (Lipinski definition) is 1. The SMILES string of the molecule is NCc1cccc(OCC2Cc3cc(F)ccc3O2)c1. The molecule has 1 atom stereocenters. The van der Waals surface area contributed by atoms with E-state index in [0.717, 1.165) is 22.6 Å². The fourth-order valence-corrected chi connectivity index (χ4v) is 2.33. The highest BCUT2D eigenvalue weighted by atomic mass is 19.1. The molecule has 0 aliphatic carbocycles. The van der Waals surface area contributed by atoms with E-state index in [9.17, 15) is 4.39 Å². The van der Waals surface area contributed by atoms with E-state index in [0.29, 0.717) is 19.6 Å². The lowest BCUT2D eigenvalue weighted by atomic mass is 10.1. The van der Waals surface area contributed by atoms with Crippen LogP contribution in [0.4, 0.5) is 4.39 Å². The van der Waals surface area contributed by atoms with Gasteiger partial charge in [-0.25, -0.2) is 4.39 Å². The normalized spacial score (nSPS) is 16.6. The van der Waals surface area contributed by atoms with Crippen LogP contribution in [0.15, 0.2) is 42.5 Å². The van der Waals surface area contributed by atoms with Gasteiger partial charge in [0.2, 0.25) is 0 Å². The Labute approximate surface area is 117 Å². The van der Waals surface area contributed by atoms with Crippen LogP contribution in [0.3, 0.4) is 0 Å². The number of ether oxygens (including phenoxy) is 2. The van der Waals surface area contributed by atoms with Gasteiger partial charge in [-0.05, 0) is 35.9 Å². The maximum atomic E-state index is 13.1. The molecular weight excluding hydrogens is 257 g/mol. The lowest BCUT2D eigenvalue weighted by Crippen LogP contribution is -2.22. The highest BCUT2D eigenvalue weighted by Gasteiger charge is 2.23. The van der Waals surface area contributed by atoms with E-state index >= 15 is 0 Å². The van der Waals surface area contributed by atoms with Crippen molar-refractivity contribution in [2.45, 2.75) is 19.1 Å². The largest absolute Gasteiger partial charge is 0.490 e.